The Kier molecular flexibility index (Phi) is 7.25. The van der Waals surface area contributed by atoms with E-state index in [1.54, 1.807) is 18.2 Å². The van der Waals surface area contributed by atoms with E-state index in [2.05, 4.69) is 0 Å². The van der Waals surface area contributed by atoms with Crippen LogP contribution in [-0.2, 0) is 4.79 Å². The molecule has 0 aromatic heterocycles. The molecule has 1 aromatic rings. The summed E-state index contributed by atoms with van der Waals surface area (Å²) in [5.74, 6) is 1.54. The zero-order valence-electron chi connectivity index (χ0n) is 16.4. The molecular weight excluding hydrogens is 353 g/mol. The van der Waals surface area contributed by atoms with Crippen LogP contribution in [0, 0.1) is 34.9 Å². The summed E-state index contributed by atoms with van der Waals surface area (Å²) in [6.07, 6.45) is 14.8. The first-order chi connectivity index (χ1) is 13.6. The fourth-order valence-corrected chi connectivity index (χ4v) is 5.26. The highest BCUT2D eigenvalue weighted by atomic mass is 19.1. The van der Waals surface area contributed by atoms with E-state index in [0.29, 0.717) is 5.92 Å². The van der Waals surface area contributed by atoms with E-state index in [0.717, 1.165) is 49.0 Å². The third kappa shape index (κ3) is 5.44. The highest BCUT2D eigenvalue weighted by Gasteiger charge is 2.31. The average molecular weight is 384 g/mol. The number of carboxylic acids is 1. The predicted octanol–water partition coefficient (Wildman–Crippen LogP) is 6.20. The summed E-state index contributed by atoms with van der Waals surface area (Å²) in [7, 11) is 0. The molecule has 150 valence electrons. The molecule has 1 aromatic carbocycles. The molecule has 4 heteroatoms. The lowest BCUT2D eigenvalue weighted by molar-refractivity contribution is -0.131. The SMILES string of the molecule is N#Cc1ccc(C2CCC(C3CCC(CC/C=C/C(=O)O)CC3)CC2)cc1F. The van der Waals surface area contributed by atoms with Gasteiger partial charge in [-0.1, -0.05) is 25.0 Å². The number of nitriles is 1. The molecule has 0 atom stereocenters. The first-order valence-corrected chi connectivity index (χ1v) is 10.7. The lowest BCUT2D eigenvalue weighted by Crippen LogP contribution is -2.25. The Morgan fingerprint density at radius 2 is 1.75 bits per heavy atom. The first-order valence-electron chi connectivity index (χ1n) is 10.7. The minimum absolute atomic E-state index is 0.132. The van der Waals surface area contributed by atoms with Gasteiger partial charge in [0.15, 0.2) is 0 Å². The van der Waals surface area contributed by atoms with Crippen molar-refractivity contribution in [2.24, 2.45) is 17.8 Å². The standard InChI is InChI=1S/C24H30FNO2/c25-23-15-21(13-14-22(23)16-26)20-11-9-19(10-12-20)18-7-5-17(6-8-18)3-1-2-4-24(27)28/h2,4,13-15,17-20H,1,3,5-12H2,(H,27,28)/b4-2+. The summed E-state index contributed by atoms with van der Waals surface area (Å²) in [6, 6.07) is 7.00. The Labute approximate surface area is 167 Å². The van der Waals surface area contributed by atoms with Crippen LogP contribution in [0.1, 0.15) is 81.3 Å². The summed E-state index contributed by atoms with van der Waals surface area (Å²) in [4.78, 5) is 10.5. The van der Waals surface area contributed by atoms with Crippen LogP contribution in [0.3, 0.4) is 0 Å². The molecule has 0 heterocycles. The molecule has 3 rings (SSSR count). The summed E-state index contributed by atoms with van der Waals surface area (Å²) in [5.41, 5.74) is 1.18. The van der Waals surface area contributed by atoms with Crippen LogP contribution in [0.2, 0.25) is 0 Å². The van der Waals surface area contributed by atoms with Gasteiger partial charge in [0.25, 0.3) is 0 Å². The van der Waals surface area contributed by atoms with E-state index < -0.39 is 11.8 Å². The van der Waals surface area contributed by atoms with Crippen molar-refractivity contribution in [1.29, 1.82) is 5.26 Å². The van der Waals surface area contributed by atoms with E-state index in [4.69, 9.17) is 10.4 Å². The largest absolute Gasteiger partial charge is 0.478 e. The Morgan fingerprint density at radius 3 is 2.32 bits per heavy atom. The van der Waals surface area contributed by atoms with Crippen LogP contribution in [-0.4, -0.2) is 11.1 Å². The van der Waals surface area contributed by atoms with Gasteiger partial charge in [-0.3, -0.25) is 0 Å². The molecule has 2 saturated carbocycles. The smallest absolute Gasteiger partial charge is 0.327 e. The third-order valence-electron chi connectivity index (χ3n) is 6.92. The molecule has 0 bridgehead atoms. The van der Waals surface area contributed by atoms with Gasteiger partial charge in [0.2, 0.25) is 0 Å². The van der Waals surface area contributed by atoms with Gasteiger partial charge in [-0.2, -0.15) is 5.26 Å². The van der Waals surface area contributed by atoms with Gasteiger partial charge >= 0.3 is 5.97 Å². The highest BCUT2D eigenvalue weighted by molar-refractivity contribution is 5.79. The molecule has 0 amide bonds. The van der Waals surface area contributed by atoms with Gasteiger partial charge in [-0.05, 0) is 92.7 Å². The Hall–Kier alpha value is -2.15. The minimum Gasteiger partial charge on any atom is -0.478 e. The van der Waals surface area contributed by atoms with Crippen LogP contribution in [0.25, 0.3) is 0 Å². The second-order valence-corrected chi connectivity index (χ2v) is 8.56. The molecule has 0 spiro atoms. The first kappa shape index (κ1) is 20.6. The molecule has 3 nitrogen and oxygen atoms in total. The second-order valence-electron chi connectivity index (χ2n) is 8.56. The number of carboxylic acid groups (broad SMARTS) is 1. The zero-order chi connectivity index (χ0) is 19.9. The number of nitrogens with zero attached hydrogens (tertiary/aromatic N) is 1. The maximum Gasteiger partial charge on any atom is 0.327 e. The van der Waals surface area contributed by atoms with Crippen LogP contribution in [0.4, 0.5) is 4.39 Å². The van der Waals surface area contributed by atoms with Crippen molar-refractivity contribution in [2.45, 2.75) is 70.1 Å². The second kappa shape index (κ2) is 9.87. The number of allylic oxidation sites excluding steroid dienone is 1. The van der Waals surface area contributed by atoms with Gasteiger partial charge in [-0.25, -0.2) is 9.18 Å². The van der Waals surface area contributed by atoms with E-state index in [-0.39, 0.29) is 5.56 Å². The van der Waals surface area contributed by atoms with Crippen molar-refractivity contribution < 1.29 is 14.3 Å². The van der Waals surface area contributed by atoms with Crippen LogP contribution in [0.5, 0.6) is 0 Å². The quantitative estimate of drug-likeness (QED) is 0.595. The fourth-order valence-electron chi connectivity index (χ4n) is 5.26. The van der Waals surface area contributed by atoms with Crippen LogP contribution >= 0.6 is 0 Å². The lowest BCUT2D eigenvalue weighted by atomic mass is 9.68. The van der Waals surface area contributed by atoms with Crippen LogP contribution in [0.15, 0.2) is 30.4 Å². The summed E-state index contributed by atoms with van der Waals surface area (Å²) < 4.78 is 13.9. The van der Waals surface area contributed by atoms with E-state index >= 15 is 0 Å². The van der Waals surface area contributed by atoms with Crippen molar-refractivity contribution in [3.05, 3.63) is 47.3 Å². The molecule has 2 aliphatic carbocycles. The van der Waals surface area contributed by atoms with E-state index in [1.807, 2.05) is 12.1 Å². The van der Waals surface area contributed by atoms with Crippen LogP contribution < -0.4 is 0 Å². The molecule has 0 aliphatic heterocycles. The number of aliphatic carboxylic acids is 1. The molecule has 2 fully saturated rings. The van der Waals surface area contributed by atoms with Crippen molar-refractivity contribution in [2.75, 3.05) is 0 Å². The van der Waals surface area contributed by atoms with Crippen molar-refractivity contribution in [3.63, 3.8) is 0 Å². The van der Waals surface area contributed by atoms with Crippen molar-refractivity contribution in [1.82, 2.24) is 0 Å². The predicted molar refractivity (Wildman–Crippen MR) is 107 cm³/mol. The molecule has 2 aliphatic rings. The van der Waals surface area contributed by atoms with Gasteiger partial charge < -0.3 is 5.11 Å². The van der Waals surface area contributed by atoms with Gasteiger partial charge in [0.1, 0.15) is 11.9 Å². The maximum absolute atomic E-state index is 13.9. The molecule has 28 heavy (non-hydrogen) atoms. The number of carbonyl (C=O) groups is 1. The topological polar surface area (TPSA) is 61.1 Å². The Balaban J connectivity index is 1.42. The monoisotopic (exact) mass is 383 g/mol. The molecular formula is C24H30FNO2. The summed E-state index contributed by atoms with van der Waals surface area (Å²) >= 11 is 0. The minimum atomic E-state index is -0.858. The number of benzene rings is 1. The van der Waals surface area contributed by atoms with Gasteiger partial charge in [0, 0.05) is 6.08 Å². The third-order valence-corrected chi connectivity index (χ3v) is 6.92. The van der Waals surface area contributed by atoms with Gasteiger partial charge in [-0.15, -0.1) is 0 Å². The molecule has 1 N–H and O–H groups in total. The Bertz CT molecular complexity index is 735. The number of hydrogen-bond acceptors (Lipinski definition) is 2. The molecule has 0 unspecified atom stereocenters. The summed E-state index contributed by atoms with van der Waals surface area (Å²) in [6.45, 7) is 0. The van der Waals surface area contributed by atoms with Gasteiger partial charge in [0.05, 0.1) is 5.56 Å². The number of hydrogen-bond donors (Lipinski definition) is 1. The maximum atomic E-state index is 13.9. The lowest BCUT2D eigenvalue weighted by Gasteiger charge is -2.38. The van der Waals surface area contributed by atoms with Crippen molar-refractivity contribution in [3.8, 4) is 6.07 Å². The normalized spacial score (nSPS) is 28.1. The molecule has 0 saturated heterocycles. The fraction of sp³-hybridized carbons (Fsp3) is 0.583. The number of halogens is 1. The average Bonchev–Trinajstić information content (AvgIpc) is 2.71. The molecule has 0 radical (unpaired) electrons. The Morgan fingerprint density at radius 1 is 1.11 bits per heavy atom. The van der Waals surface area contributed by atoms with E-state index in [1.165, 1.54) is 44.6 Å². The van der Waals surface area contributed by atoms with Crippen molar-refractivity contribution >= 4 is 5.97 Å². The highest BCUT2D eigenvalue weighted by Crippen LogP contribution is 2.44. The summed E-state index contributed by atoms with van der Waals surface area (Å²) in [5, 5.41) is 17.5. The van der Waals surface area contributed by atoms with E-state index in [9.17, 15) is 9.18 Å². The zero-order valence-corrected chi connectivity index (χ0v) is 16.4. The number of rotatable bonds is 6.